The number of esters is 2. The summed E-state index contributed by atoms with van der Waals surface area (Å²) in [6, 6.07) is 0. The summed E-state index contributed by atoms with van der Waals surface area (Å²) in [6.45, 7) is 6.41. The highest BCUT2D eigenvalue weighted by atomic mass is 16.6. The van der Waals surface area contributed by atoms with E-state index in [1.54, 1.807) is 0 Å². The lowest BCUT2D eigenvalue weighted by molar-refractivity contribution is -0.161. The summed E-state index contributed by atoms with van der Waals surface area (Å²) in [5, 5.41) is 9.41. The van der Waals surface area contributed by atoms with Gasteiger partial charge < -0.3 is 14.6 Å². The van der Waals surface area contributed by atoms with Crippen molar-refractivity contribution in [3.8, 4) is 0 Å². The molecule has 0 bridgehead atoms. The van der Waals surface area contributed by atoms with Gasteiger partial charge in [0.1, 0.15) is 6.61 Å². The maximum absolute atomic E-state index is 12.0. The van der Waals surface area contributed by atoms with Gasteiger partial charge in [0.05, 0.1) is 6.61 Å². The van der Waals surface area contributed by atoms with Crippen LogP contribution in [0.4, 0.5) is 0 Å². The zero-order valence-electron chi connectivity index (χ0n) is 25.6. The van der Waals surface area contributed by atoms with Crippen LogP contribution in [0, 0.1) is 5.92 Å². The molecule has 0 aliphatic heterocycles. The van der Waals surface area contributed by atoms with Gasteiger partial charge in [-0.3, -0.25) is 9.59 Å². The van der Waals surface area contributed by atoms with Crippen molar-refractivity contribution in [2.45, 2.75) is 181 Å². The fourth-order valence-electron chi connectivity index (χ4n) is 4.80. The van der Waals surface area contributed by atoms with Gasteiger partial charge >= 0.3 is 11.9 Å². The van der Waals surface area contributed by atoms with E-state index in [0.29, 0.717) is 12.8 Å². The highest BCUT2D eigenvalue weighted by Gasteiger charge is 2.16. The summed E-state index contributed by atoms with van der Waals surface area (Å²) >= 11 is 0. The van der Waals surface area contributed by atoms with E-state index in [9.17, 15) is 14.7 Å². The number of unbranched alkanes of at least 4 members (excludes halogenated alkanes) is 19. The molecule has 38 heavy (non-hydrogen) atoms. The fraction of sp³-hybridized carbons (Fsp3) is 0.939. The second-order valence-electron chi connectivity index (χ2n) is 11.7. The second kappa shape index (κ2) is 28.9. The Morgan fingerprint density at radius 2 is 0.974 bits per heavy atom. The Morgan fingerprint density at radius 1 is 0.579 bits per heavy atom. The molecule has 0 amide bonds. The molecular weight excluding hydrogens is 476 g/mol. The maximum Gasteiger partial charge on any atom is 0.306 e. The minimum absolute atomic E-state index is 0.0602. The van der Waals surface area contributed by atoms with Gasteiger partial charge in [0, 0.05) is 12.8 Å². The molecule has 0 aliphatic carbocycles. The molecule has 1 atom stereocenters. The van der Waals surface area contributed by atoms with E-state index in [1.165, 1.54) is 109 Å². The Balaban J connectivity index is 3.43. The lowest BCUT2D eigenvalue weighted by Gasteiger charge is -2.15. The number of ether oxygens (including phenoxy) is 2. The Kier molecular flexibility index (Phi) is 28.1. The molecule has 226 valence electrons. The molecule has 0 aromatic carbocycles. The maximum atomic E-state index is 12.0. The highest BCUT2D eigenvalue weighted by Crippen LogP contribution is 2.15. The van der Waals surface area contributed by atoms with E-state index in [4.69, 9.17) is 9.47 Å². The second-order valence-corrected chi connectivity index (χ2v) is 11.7. The molecule has 0 fully saturated rings. The first-order valence-corrected chi connectivity index (χ1v) is 16.5. The summed E-state index contributed by atoms with van der Waals surface area (Å²) in [6.07, 6.45) is 27.6. The summed E-state index contributed by atoms with van der Waals surface area (Å²) < 4.78 is 10.4. The van der Waals surface area contributed by atoms with Gasteiger partial charge in [0.15, 0.2) is 6.10 Å². The van der Waals surface area contributed by atoms with Crippen molar-refractivity contribution in [3.05, 3.63) is 0 Å². The van der Waals surface area contributed by atoms with Crippen molar-refractivity contribution >= 4 is 11.9 Å². The first-order chi connectivity index (χ1) is 18.5. The first kappa shape index (κ1) is 36.9. The first-order valence-electron chi connectivity index (χ1n) is 16.5. The molecule has 0 radical (unpaired) electrons. The quantitative estimate of drug-likeness (QED) is 0.0755. The molecule has 5 nitrogen and oxygen atoms in total. The van der Waals surface area contributed by atoms with E-state index < -0.39 is 6.10 Å². The number of rotatable bonds is 29. The van der Waals surface area contributed by atoms with Gasteiger partial charge in [-0.2, -0.15) is 0 Å². The average Bonchev–Trinajstić information content (AvgIpc) is 2.90. The Bertz CT molecular complexity index is 520. The van der Waals surface area contributed by atoms with Crippen LogP contribution in [0.2, 0.25) is 0 Å². The van der Waals surface area contributed by atoms with E-state index in [2.05, 4.69) is 20.8 Å². The van der Waals surface area contributed by atoms with E-state index in [-0.39, 0.29) is 25.2 Å². The number of hydrogen-bond donors (Lipinski definition) is 1. The summed E-state index contributed by atoms with van der Waals surface area (Å²) in [5.41, 5.74) is 0. The average molecular weight is 541 g/mol. The van der Waals surface area contributed by atoms with Crippen molar-refractivity contribution in [1.82, 2.24) is 0 Å². The van der Waals surface area contributed by atoms with Crippen LogP contribution in [0.5, 0.6) is 0 Å². The molecule has 0 aromatic rings. The van der Waals surface area contributed by atoms with E-state index >= 15 is 0 Å². The van der Waals surface area contributed by atoms with Crippen LogP contribution in [0.3, 0.4) is 0 Å². The molecule has 0 spiro atoms. The van der Waals surface area contributed by atoms with Gasteiger partial charge in [-0.15, -0.1) is 0 Å². The lowest BCUT2D eigenvalue weighted by Crippen LogP contribution is -2.28. The third kappa shape index (κ3) is 27.9. The van der Waals surface area contributed by atoms with Crippen LogP contribution in [0.15, 0.2) is 0 Å². The van der Waals surface area contributed by atoms with Crippen molar-refractivity contribution in [1.29, 1.82) is 0 Å². The topological polar surface area (TPSA) is 72.8 Å². The monoisotopic (exact) mass is 540 g/mol. The summed E-state index contributed by atoms with van der Waals surface area (Å²) in [5.74, 6) is 0.263. The van der Waals surface area contributed by atoms with E-state index in [0.717, 1.165) is 38.0 Å². The Morgan fingerprint density at radius 3 is 1.39 bits per heavy atom. The van der Waals surface area contributed by atoms with Gasteiger partial charge in [0.2, 0.25) is 0 Å². The molecule has 0 aliphatic rings. The zero-order chi connectivity index (χ0) is 28.1. The van der Waals surface area contributed by atoms with Crippen LogP contribution >= 0.6 is 0 Å². The molecule has 0 heterocycles. The molecule has 0 unspecified atom stereocenters. The summed E-state index contributed by atoms with van der Waals surface area (Å²) in [4.78, 5) is 23.8. The number of carbonyl (C=O) groups excluding carboxylic acids is 2. The summed E-state index contributed by atoms with van der Waals surface area (Å²) in [7, 11) is 0. The van der Waals surface area contributed by atoms with Crippen LogP contribution in [0.25, 0.3) is 0 Å². The Labute approximate surface area is 236 Å². The highest BCUT2D eigenvalue weighted by molar-refractivity contribution is 5.70. The van der Waals surface area contributed by atoms with Gasteiger partial charge in [0.25, 0.3) is 0 Å². The molecular formula is C33H64O5. The Hall–Kier alpha value is -1.10. The SMILES string of the molecule is CCCCCCCC(=O)O[C@@H](CO)COC(=O)CCCCCCCCCCCCCCCCCCC(C)C. The standard InChI is InChI=1S/C33H64O5/c1-4-5-6-19-24-27-33(36)38-31(28-34)29-37-32(35)26-23-21-18-16-14-12-10-8-7-9-11-13-15-17-20-22-25-30(2)3/h30-31,34H,4-29H2,1-3H3/t31-/m0/s1. The number of aliphatic hydroxyl groups excluding tert-OH is 1. The molecule has 5 heteroatoms. The predicted octanol–water partition coefficient (Wildman–Crippen LogP) is 9.47. The van der Waals surface area contributed by atoms with Crippen LogP contribution < -0.4 is 0 Å². The van der Waals surface area contributed by atoms with E-state index in [1.807, 2.05) is 0 Å². The van der Waals surface area contributed by atoms with Crippen LogP contribution in [0.1, 0.15) is 175 Å². The van der Waals surface area contributed by atoms with Crippen molar-refractivity contribution in [2.24, 2.45) is 5.92 Å². The molecule has 0 saturated heterocycles. The number of hydrogen-bond acceptors (Lipinski definition) is 5. The molecule has 0 aromatic heterocycles. The normalized spacial score (nSPS) is 12.1. The van der Waals surface area contributed by atoms with Gasteiger partial charge in [-0.25, -0.2) is 0 Å². The molecule has 0 rings (SSSR count). The smallest absolute Gasteiger partial charge is 0.306 e. The van der Waals surface area contributed by atoms with Crippen LogP contribution in [-0.2, 0) is 19.1 Å². The lowest BCUT2D eigenvalue weighted by atomic mass is 10.0. The van der Waals surface area contributed by atoms with Gasteiger partial charge in [-0.1, -0.05) is 149 Å². The van der Waals surface area contributed by atoms with Crippen molar-refractivity contribution in [2.75, 3.05) is 13.2 Å². The predicted molar refractivity (Wildman–Crippen MR) is 159 cm³/mol. The fourth-order valence-corrected chi connectivity index (χ4v) is 4.80. The van der Waals surface area contributed by atoms with Crippen molar-refractivity contribution < 1.29 is 24.2 Å². The minimum Gasteiger partial charge on any atom is -0.462 e. The molecule has 0 saturated carbocycles. The largest absolute Gasteiger partial charge is 0.462 e. The molecule has 1 N–H and O–H groups in total. The third-order valence-corrected chi connectivity index (χ3v) is 7.33. The zero-order valence-corrected chi connectivity index (χ0v) is 25.6. The number of carbonyl (C=O) groups is 2. The minimum atomic E-state index is -0.758. The van der Waals surface area contributed by atoms with Crippen LogP contribution in [-0.4, -0.2) is 36.4 Å². The van der Waals surface area contributed by atoms with Gasteiger partial charge in [-0.05, 0) is 18.8 Å². The van der Waals surface area contributed by atoms with Crippen molar-refractivity contribution in [3.63, 3.8) is 0 Å². The third-order valence-electron chi connectivity index (χ3n) is 7.33. The number of aliphatic hydroxyl groups is 1.